The van der Waals surface area contributed by atoms with Gasteiger partial charge in [-0.1, -0.05) is 19.1 Å². The molecule has 0 atom stereocenters. The van der Waals surface area contributed by atoms with Gasteiger partial charge in [0.25, 0.3) is 0 Å². The van der Waals surface area contributed by atoms with Gasteiger partial charge in [0, 0.05) is 18.0 Å². The third-order valence-corrected chi connectivity index (χ3v) is 3.62. The maximum Gasteiger partial charge on any atom is 0.138 e. The molecule has 2 aromatic rings. The van der Waals surface area contributed by atoms with Crippen LogP contribution in [0.15, 0.2) is 35.5 Å². The fourth-order valence-electron chi connectivity index (χ4n) is 1.71. The van der Waals surface area contributed by atoms with Crippen molar-refractivity contribution in [3.05, 3.63) is 42.0 Å². The molecule has 5 heteroatoms. The van der Waals surface area contributed by atoms with Crippen LogP contribution in [0.4, 0.5) is 0 Å². The summed E-state index contributed by atoms with van der Waals surface area (Å²) in [6.07, 6.45) is 2.70. The van der Waals surface area contributed by atoms with E-state index < -0.39 is 0 Å². The van der Waals surface area contributed by atoms with E-state index in [0.717, 1.165) is 30.1 Å². The van der Waals surface area contributed by atoms with Crippen LogP contribution in [0.3, 0.4) is 0 Å². The lowest BCUT2D eigenvalue weighted by molar-refractivity contribution is 0.581. The number of hydrogen-bond donors (Lipinski definition) is 1. The first-order valence-corrected chi connectivity index (χ1v) is 7.10. The Balaban J connectivity index is 1.99. The summed E-state index contributed by atoms with van der Waals surface area (Å²) in [7, 11) is 0. The molecule has 0 fully saturated rings. The molecule has 0 bridgehead atoms. The molecule has 1 aromatic carbocycles. The number of thioether (sulfide) groups is 1. The number of nitrogens with two attached hydrogens (primary N) is 1. The van der Waals surface area contributed by atoms with Crippen LogP contribution in [0.5, 0.6) is 0 Å². The summed E-state index contributed by atoms with van der Waals surface area (Å²) in [5.41, 5.74) is 6.80. The fourth-order valence-corrected chi connectivity index (χ4v) is 2.64. The zero-order chi connectivity index (χ0) is 12.8. The summed E-state index contributed by atoms with van der Waals surface area (Å²) in [6.45, 7) is 3.66. The van der Waals surface area contributed by atoms with Crippen LogP contribution in [0.2, 0.25) is 0 Å². The monoisotopic (exact) mass is 262 g/mol. The van der Waals surface area contributed by atoms with E-state index in [1.165, 1.54) is 4.90 Å². The van der Waals surface area contributed by atoms with Gasteiger partial charge in [-0.05, 0) is 24.1 Å². The number of aryl methyl sites for hydroxylation is 1. The highest BCUT2D eigenvalue weighted by Crippen LogP contribution is 2.22. The van der Waals surface area contributed by atoms with Crippen molar-refractivity contribution in [2.45, 2.75) is 37.1 Å². The summed E-state index contributed by atoms with van der Waals surface area (Å²) in [5, 5.41) is 4.22. The van der Waals surface area contributed by atoms with Gasteiger partial charge in [0.2, 0.25) is 0 Å². The third-order valence-electron chi connectivity index (χ3n) is 2.63. The van der Waals surface area contributed by atoms with Crippen LogP contribution >= 0.6 is 11.8 Å². The SMILES string of the molecule is CCCn1ncnc1CSc1cccc(CN)c1. The highest BCUT2D eigenvalue weighted by Gasteiger charge is 2.04. The maximum absolute atomic E-state index is 5.64. The predicted molar refractivity (Wildman–Crippen MR) is 74.2 cm³/mol. The average molecular weight is 262 g/mol. The summed E-state index contributed by atoms with van der Waals surface area (Å²) in [4.78, 5) is 5.52. The van der Waals surface area contributed by atoms with Gasteiger partial charge in [-0.2, -0.15) is 5.10 Å². The Labute approximate surface area is 112 Å². The molecule has 96 valence electrons. The van der Waals surface area contributed by atoms with Crippen LogP contribution in [0.1, 0.15) is 24.7 Å². The van der Waals surface area contributed by atoms with Crippen molar-refractivity contribution in [2.75, 3.05) is 0 Å². The van der Waals surface area contributed by atoms with Crippen LogP contribution in [0.25, 0.3) is 0 Å². The Morgan fingerprint density at radius 3 is 3.06 bits per heavy atom. The first-order valence-electron chi connectivity index (χ1n) is 6.12. The van der Waals surface area contributed by atoms with E-state index >= 15 is 0 Å². The molecule has 1 aromatic heterocycles. The van der Waals surface area contributed by atoms with E-state index in [0.29, 0.717) is 6.54 Å². The second-order valence-corrected chi connectivity index (χ2v) is 5.09. The quantitative estimate of drug-likeness (QED) is 0.812. The molecule has 0 radical (unpaired) electrons. The van der Waals surface area contributed by atoms with Crippen molar-refractivity contribution >= 4 is 11.8 Å². The van der Waals surface area contributed by atoms with Crippen molar-refractivity contribution in [1.82, 2.24) is 14.8 Å². The molecular formula is C13H18N4S. The number of benzene rings is 1. The Morgan fingerprint density at radius 1 is 1.39 bits per heavy atom. The second-order valence-electron chi connectivity index (χ2n) is 4.04. The van der Waals surface area contributed by atoms with Crippen molar-refractivity contribution in [2.24, 2.45) is 5.73 Å². The largest absolute Gasteiger partial charge is 0.326 e. The topological polar surface area (TPSA) is 56.7 Å². The van der Waals surface area contributed by atoms with E-state index in [1.807, 2.05) is 16.8 Å². The van der Waals surface area contributed by atoms with E-state index in [-0.39, 0.29) is 0 Å². The summed E-state index contributed by atoms with van der Waals surface area (Å²) in [6, 6.07) is 8.32. The van der Waals surface area contributed by atoms with Gasteiger partial charge in [-0.3, -0.25) is 0 Å². The highest BCUT2D eigenvalue weighted by molar-refractivity contribution is 7.98. The number of aromatic nitrogens is 3. The Kier molecular flexibility index (Phi) is 4.78. The van der Waals surface area contributed by atoms with Gasteiger partial charge >= 0.3 is 0 Å². The van der Waals surface area contributed by atoms with Gasteiger partial charge in [0.15, 0.2) is 0 Å². The average Bonchev–Trinajstić information content (AvgIpc) is 2.85. The number of hydrogen-bond acceptors (Lipinski definition) is 4. The van der Waals surface area contributed by atoms with Gasteiger partial charge in [0.05, 0.1) is 5.75 Å². The molecule has 2 N–H and O–H groups in total. The molecule has 4 nitrogen and oxygen atoms in total. The first kappa shape index (κ1) is 13.1. The second kappa shape index (κ2) is 6.56. The van der Waals surface area contributed by atoms with Crippen molar-refractivity contribution in [1.29, 1.82) is 0 Å². The molecule has 0 aliphatic rings. The van der Waals surface area contributed by atoms with E-state index in [9.17, 15) is 0 Å². The lowest BCUT2D eigenvalue weighted by Gasteiger charge is -2.05. The minimum atomic E-state index is 0.584. The molecule has 0 aliphatic heterocycles. The van der Waals surface area contributed by atoms with E-state index in [4.69, 9.17) is 5.73 Å². The van der Waals surface area contributed by atoms with Crippen LogP contribution in [-0.4, -0.2) is 14.8 Å². The molecule has 0 unspecified atom stereocenters. The minimum Gasteiger partial charge on any atom is -0.326 e. The maximum atomic E-state index is 5.64. The molecular weight excluding hydrogens is 244 g/mol. The van der Waals surface area contributed by atoms with Crippen molar-refractivity contribution < 1.29 is 0 Å². The Hall–Kier alpha value is -1.33. The zero-order valence-electron chi connectivity index (χ0n) is 10.5. The Bertz CT molecular complexity index is 495. The molecule has 0 amide bonds. The molecule has 0 aliphatic carbocycles. The van der Waals surface area contributed by atoms with Gasteiger partial charge < -0.3 is 5.73 Å². The smallest absolute Gasteiger partial charge is 0.138 e. The minimum absolute atomic E-state index is 0.584. The molecule has 0 saturated carbocycles. The standard InChI is InChI=1S/C13H18N4S/c1-2-6-17-13(15-10-16-17)9-18-12-5-3-4-11(7-12)8-14/h3-5,7,10H,2,6,8-9,14H2,1H3. The molecule has 1 heterocycles. The first-order chi connectivity index (χ1) is 8.83. The van der Waals surface area contributed by atoms with E-state index in [2.05, 4.69) is 29.1 Å². The molecule has 0 saturated heterocycles. The van der Waals surface area contributed by atoms with Gasteiger partial charge in [0.1, 0.15) is 12.2 Å². The van der Waals surface area contributed by atoms with Gasteiger partial charge in [-0.25, -0.2) is 9.67 Å². The lowest BCUT2D eigenvalue weighted by Crippen LogP contribution is -2.04. The summed E-state index contributed by atoms with van der Waals surface area (Å²) < 4.78 is 1.97. The highest BCUT2D eigenvalue weighted by atomic mass is 32.2. The Morgan fingerprint density at radius 2 is 2.28 bits per heavy atom. The zero-order valence-corrected chi connectivity index (χ0v) is 11.4. The summed E-state index contributed by atoms with van der Waals surface area (Å²) >= 11 is 1.77. The van der Waals surface area contributed by atoms with Crippen LogP contribution in [0, 0.1) is 0 Å². The summed E-state index contributed by atoms with van der Waals surface area (Å²) in [5.74, 6) is 1.87. The number of nitrogens with zero attached hydrogens (tertiary/aromatic N) is 3. The van der Waals surface area contributed by atoms with Crippen LogP contribution in [-0.2, 0) is 18.8 Å². The normalized spacial score (nSPS) is 10.8. The third kappa shape index (κ3) is 3.34. The van der Waals surface area contributed by atoms with Crippen molar-refractivity contribution in [3.8, 4) is 0 Å². The lowest BCUT2D eigenvalue weighted by atomic mass is 10.2. The van der Waals surface area contributed by atoms with E-state index in [1.54, 1.807) is 18.1 Å². The number of rotatable bonds is 6. The molecule has 18 heavy (non-hydrogen) atoms. The fraction of sp³-hybridized carbons (Fsp3) is 0.385. The van der Waals surface area contributed by atoms with Crippen LogP contribution < -0.4 is 5.73 Å². The molecule has 2 rings (SSSR count). The van der Waals surface area contributed by atoms with Gasteiger partial charge in [-0.15, -0.1) is 11.8 Å². The van der Waals surface area contributed by atoms with Crippen molar-refractivity contribution in [3.63, 3.8) is 0 Å². The predicted octanol–water partition coefficient (Wildman–Crippen LogP) is 2.44. The molecule has 0 spiro atoms.